The van der Waals surface area contributed by atoms with Crippen LogP contribution in [-0.2, 0) is 20.2 Å². The van der Waals surface area contributed by atoms with Crippen molar-refractivity contribution in [2.45, 2.75) is 40.0 Å². The van der Waals surface area contributed by atoms with Crippen LogP contribution in [0.5, 0.6) is 5.75 Å². The third kappa shape index (κ3) is 7.60. The van der Waals surface area contributed by atoms with E-state index in [0.717, 1.165) is 16.9 Å². The van der Waals surface area contributed by atoms with E-state index < -0.39 is 13.4 Å². The van der Waals surface area contributed by atoms with Crippen LogP contribution in [0.3, 0.4) is 0 Å². The first-order valence-corrected chi connectivity index (χ1v) is 11.7. The lowest BCUT2D eigenvalue weighted by Crippen LogP contribution is -2.24. The highest BCUT2D eigenvalue weighted by Crippen LogP contribution is 2.60. The average molecular weight is 420 g/mol. The Morgan fingerprint density at radius 1 is 0.862 bits per heavy atom. The molecule has 0 unspecified atom stereocenters. The second kappa shape index (κ2) is 11.5. The fraction of sp³-hybridized carbons (Fsp3) is 0.478. The summed E-state index contributed by atoms with van der Waals surface area (Å²) in [6.07, 6.45) is 0. The Bertz CT molecular complexity index is 746. The number of hydrogen-bond acceptors (Lipinski definition) is 5. The molecular weight excluding hydrogens is 385 g/mol. The molecule has 1 N–H and O–H groups in total. The van der Waals surface area contributed by atoms with Gasteiger partial charge >= 0.3 is 7.60 Å². The van der Waals surface area contributed by atoms with E-state index in [0.29, 0.717) is 19.8 Å². The van der Waals surface area contributed by atoms with Gasteiger partial charge in [-0.3, -0.25) is 9.88 Å². The summed E-state index contributed by atoms with van der Waals surface area (Å²) in [4.78, 5) is 0. The van der Waals surface area contributed by atoms with Gasteiger partial charge in [-0.05, 0) is 35.1 Å². The number of methoxy groups -OCH3 is 1. The SMILES string of the molecule is COc1ccc([C@H](NCc2ccccc2)P(=O)(OCC(C)C)OCC(C)C)cc1. The predicted molar refractivity (Wildman–Crippen MR) is 118 cm³/mol. The summed E-state index contributed by atoms with van der Waals surface area (Å²) in [5, 5.41) is 3.42. The minimum atomic E-state index is -3.47. The normalized spacial score (nSPS) is 13.1. The molecule has 0 aliphatic heterocycles. The molecule has 0 aliphatic rings. The molecule has 2 rings (SSSR count). The first-order chi connectivity index (χ1) is 13.8. The monoisotopic (exact) mass is 419 g/mol. The molecule has 0 bridgehead atoms. The molecule has 2 aromatic rings. The highest BCUT2D eigenvalue weighted by molar-refractivity contribution is 7.54. The predicted octanol–water partition coefficient (Wildman–Crippen LogP) is 6.02. The maximum absolute atomic E-state index is 14.0. The maximum atomic E-state index is 14.0. The van der Waals surface area contributed by atoms with Crippen molar-refractivity contribution in [3.8, 4) is 5.75 Å². The largest absolute Gasteiger partial charge is 0.497 e. The topological polar surface area (TPSA) is 56.8 Å². The molecule has 6 heteroatoms. The molecule has 0 saturated heterocycles. The second-order valence-corrected chi connectivity index (χ2v) is 10.1. The Morgan fingerprint density at radius 2 is 1.41 bits per heavy atom. The molecule has 0 heterocycles. The number of hydrogen-bond donors (Lipinski definition) is 1. The van der Waals surface area contributed by atoms with Crippen molar-refractivity contribution >= 4 is 7.60 Å². The third-order valence-electron chi connectivity index (χ3n) is 4.27. The number of ether oxygens (including phenoxy) is 1. The van der Waals surface area contributed by atoms with Crippen LogP contribution in [0, 0.1) is 11.8 Å². The Morgan fingerprint density at radius 3 is 1.90 bits per heavy atom. The van der Waals surface area contributed by atoms with Gasteiger partial charge in [-0.25, -0.2) is 0 Å². The molecule has 0 radical (unpaired) electrons. The smallest absolute Gasteiger partial charge is 0.351 e. The summed E-state index contributed by atoms with van der Waals surface area (Å²) in [5.74, 6) is 0.663. The van der Waals surface area contributed by atoms with Gasteiger partial charge in [0.2, 0.25) is 0 Å². The van der Waals surface area contributed by atoms with E-state index in [9.17, 15) is 4.57 Å². The summed E-state index contributed by atoms with van der Waals surface area (Å²) in [6, 6.07) is 17.6. The lowest BCUT2D eigenvalue weighted by Gasteiger charge is -2.29. The highest BCUT2D eigenvalue weighted by Gasteiger charge is 2.37. The van der Waals surface area contributed by atoms with Crippen molar-refractivity contribution in [1.29, 1.82) is 0 Å². The number of nitrogens with one attached hydrogen (secondary N) is 1. The molecular formula is C23H34NO4P. The average Bonchev–Trinajstić information content (AvgIpc) is 2.72. The summed E-state index contributed by atoms with van der Waals surface area (Å²) in [5.41, 5.74) is 1.95. The first kappa shape index (κ1) is 23.6. The summed E-state index contributed by atoms with van der Waals surface area (Å²) < 4.78 is 31.1. The fourth-order valence-corrected chi connectivity index (χ4v) is 4.94. The third-order valence-corrected chi connectivity index (χ3v) is 6.40. The summed E-state index contributed by atoms with van der Waals surface area (Å²) >= 11 is 0. The van der Waals surface area contributed by atoms with Crippen LogP contribution < -0.4 is 10.1 Å². The summed E-state index contributed by atoms with van der Waals surface area (Å²) in [6.45, 7) is 9.43. The fourth-order valence-electron chi connectivity index (χ4n) is 2.70. The van der Waals surface area contributed by atoms with E-state index in [1.54, 1.807) is 7.11 Å². The van der Waals surface area contributed by atoms with Gasteiger partial charge in [0.1, 0.15) is 11.5 Å². The van der Waals surface area contributed by atoms with E-state index in [1.165, 1.54) is 0 Å². The van der Waals surface area contributed by atoms with E-state index in [2.05, 4.69) is 5.32 Å². The molecule has 0 aliphatic carbocycles. The molecule has 0 amide bonds. The Hall–Kier alpha value is -1.65. The van der Waals surface area contributed by atoms with Gasteiger partial charge in [0.25, 0.3) is 0 Å². The molecule has 2 aromatic carbocycles. The Labute approximate surface area is 175 Å². The van der Waals surface area contributed by atoms with Crippen LogP contribution in [0.25, 0.3) is 0 Å². The lowest BCUT2D eigenvalue weighted by atomic mass is 10.2. The van der Waals surface area contributed by atoms with Crippen LogP contribution in [0.4, 0.5) is 0 Å². The van der Waals surface area contributed by atoms with Crippen molar-refractivity contribution in [2.75, 3.05) is 20.3 Å². The Balaban J connectivity index is 2.34. The molecule has 0 saturated carbocycles. The van der Waals surface area contributed by atoms with Gasteiger partial charge in [-0.1, -0.05) is 70.2 Å². The molecule has 0 aromatic heterocycles. The molecule has 29 heavy (non-hydrogen) atoms. The highest BCUT2D eigenvalue weighted by atomic mass is 31.2. The Kier molecular flexibility index (Phi) is 9.38. The van der Waals surface area contributed by atoms with Crippen molar-refractivity contribution in [3.63, 3.8) is 0 Å². The second-order valence-electron chi connectivity index (χ2n) is 7.96. The number of rotatable bonds is 12. The van der Waals surface area contributed by atoms with Gasteiger partial charge in [0.05, 0.1) is 20.3 Å². The van der Waals surface area contributed by atoms with E-state index >= 15 is 0 Å². The van der Waals surface area contributed by atoms with Gasteiger partial charge in [-0.15, -0.1) is 0 Å². The van der Waals surface area contributed by atoms with E-state index in [-0.39, 0.29) is 11.8 Å². The maximum Gasteiger partial charge on any atom is 0.351 e. The van der Waals surface area contributed by atoms with Crippen LogP contribution in [0.15, 0.2) is 54.6 Å². The van der Waals surface area contributed by atoms with E-state index in [4.69, 9.17) is 13.8 Å². The lowest BCUT2D eigenvalue weighted by molar-refractivity contribution is 0.163. The molecule has 160 valence electrons. The van der Waals surface area contributed by atoms with Crippen LogP contribution in [0.2, 0.25) is 0 Å². The zero-order valence-electron chi connectivity index (χ0n) is 18.1. The van der Waals surface area contributed by atoms with Crippen molar-refractivity contribution in [1.82, 2.24) is 5.32 Å². The van der Waals surface area contributed by atoms with Crippen molar-refractivity contribution in [2.24, 2.45) is 11.8 Å². The standard InChI is InChI=1S/C23H34NO4P/c1-18(2)16-27-29(25,28-17-19(3)4)23(21-11-13-22(26-5)14-12-21)24-15-20-9-7-6-8-10-20/h6-14,18-19,23-24H,15-17H2,1-5H3/t23-/m1/s1. The van der Waals surface area contributed by atoms with Gasteiger partial charge in [-0.2, -0.15) is 0 Å². The number of benzene rings is 2. The molecule has 0 spiro atoms. The van der Waals surface area contributed by atoms with Gasteiger partial charge in [0, 0.05) is 6.54 Å². The van der Waals surface area contributed by atoms with Crippen LogP contribution in [-0.4, -0.2) is 20.3 Å². The minimum absolute atomic E-state index is 0.247. The first-order valence-electron chi connectivity index (χ1n) is 10.1. The quantitative estimate of drug-likeness (QED) is 0.426. The van der Waals surface area contributed by atoms with Crippen molar-refractivity contribution in [3.05, 3.63) is 65.7 Å². The molecule has 5 nitrogen and oxygen atoms in total. The zero-order chi connectivity index (χ0) is 21.3. The van der Waals surface area contributed by atoms with E-state index in [1.807, 2.05) is 82.3 Å². The van der Waals surface area contributed by atoms with Crippen molar-refractivity contribution < 1.29 is 18.3 Å². The zero-order valence-corrected chi connectivity index (χ0v) is 19.0. The molecule has 0 fully saturated rings. The molecule has 1 atom stereocenters. The summed E-state index contributed by atoms with van der Waals surface area (Å²) in [7, 11) is -1.84. The van der Waals surface area contributed by atoms with Crippen LogP contribution in [0.1, 0.15) is 44.6 Å². The minimum Gasteiger partial charge on any atom is -0.497 e. The van der Waals surface area contributed by atoms with Gasteiger partial charge in [0.15, 0.2) is 0 Å². The van der Waals surface area contributed by atoms with Gasteiger partial charge < -0.3 is 13.8 Å². The van der Waals surface area contributed by atoms with Crippen LogP contribution >= 0.6 is 7.60 Å².